The fourth-order valence-corrected chi connectivity index (χ4v) is 2.76. The van der Waals surface area contributed by atoms with Crippen molar-refractivity contribution in [2.75, 3.05) is 19.6 Å². The SMILES string of the molecule is O=C(CCNC(=O)c1cc(F)ccc1Br)NC1CCCNC1. The van der Waals surface area contributed by atoms with Crippen molar-refractivity contribution in [3.63, 3.8) is 0 Å². The van der Waals surface area contributed by atoms with E-state index in [4.69, 9.17) is 0 Å². The number of carbonyl (C=O) groups is 2. The van der Waals surface area contributed by atoms with Crippen molar-refractivity contribution < 1.29 is 14.0 Å². The fourth-order valence-electron chi connectivity index (χ4n) is 2.33. The lowest BCUT2D eigenvalue weighted by atomic mass is 10.1. The largest absolute Gasteiger partial charge is 0.352 e. The highest BCUT2D eigenvalue weighted by atomic mass is 79.9. The molecule has 1 aliphatic heterocycles. The van der Waals surface area contributed by atoms with E-state index in [-0.39, 0.29) is 30.5 Å². The normalized spacial score (nSPS) is 17.8. The van der Waals surface area contributed by atoms with Gasteiger partial charge in [0.05, 0.1) is 5.56 Å². The summed E-state index contributed by atoms with van der Waals surface area (Å²) in [4.78, 5) is 23.7. The van der Waals surface area contributed by atoms with Crippen molar-refractivity contribution in [3.05, 3.63) is 34.1 Å². The van der Waals surface area contributed by atoms with Crippen LogP contribution in [0.2, 0.25) is 0 Å². The molecule has 0 bridgehead atoms. The van der Waals surface area contributed by atoms with E-state index < -0.39 is 11.7 Å². The second-order valence-electron chi connectivity index (χ2n) is 5.24. The van der Waals surface area contributed by atoms with Gasteiger partial charge in [-0.25, -0.2) is 4.39 Å². The van der Waals surface area contributed by atoms with E-state index in [0.29, 0.717) is 4.47 Å². The van der Waals surface area contributed by atoms with Gasteiger partial charge in [-0.2, -0.15) is 0 Å². The lowest BCUT2D eigenvalue weighted by Crippen LogP contribution is -2.46. The highest BCUT2D eigenvalue weighted by Crippen LogP contribution is 2.17. The molecule has 1 aliphatic rings. The van der Waals surface area contributed by atoms with Crippen LogP contribution >= 0.6 is 15.9 Å². The maximum Gasteiger partial charge on any atom is 0.252 e. The maximum atomic E-state index is 13.1. The second-order valence-corrected chi connectivity index (χ2v) is 6.10. The highest BCUT2D eigenvalue weighted by Gasteiger charge is 2.16. The van der Waals surface area contributed by atoms with E-state index in [1.54, 1.807) is 0 Å². The van der Waals surface area contributed by atoms with E-state index in [2.05, 4.69) is 31.9 Å². The first-order chi connectivity index (χ1) is 10.6. The van der Waals surface area contributed by atoms with E-state index in [1.165, 1.54) is 12.1 Å². The van der Waals surface area contributed by atoms with Gasteiger partial charge in [0.1, 0.15) is 5.82 Å². The zero-order chi connectivity index (χ0) is 15.9. The summed E-state index contributed by atoms with van der Waals surface area (Å²) in [5, 5.41) is 8.78. The minimum absolute atomic E-state index is 0.0905. The van der Waals surface area contributed by atoms with Crippen molar-refractivity contribution in [1.29, 1.82) is 0 Å². The Bertz CT molecular complexity index is 548. The second kappa shape index (κ2) is 8.24. The highest BCUT2D eigenvalue weighted by molar-refractivity contribution is 9.10. The first-order valence-electron chi connectivity index (χ1n) is 7.29. The van der Waals surface area contributed by atoms with Gasteiger partial charge in [-0.3, -0.25) is 9.59 Å². The predicted molar refractivity (Wildman–Crippen MR) is 85.1 cm³/mol. The number of nitrogens with one attached hydrogen (secondary N) is 3. The molecular formula is C15H19BrFN3O2. The first kappa shape index (κ1) is 16.9. The summed E-state index contributed by atoms with van der Waals surface area (Å²) in [7, 11) is 0. The van der Waals surface area contributed by atoms with Gasteiger partial charge in [0.15, 0.2) is 0 Å². The van der Waals surface area contributed by atoms with Crippen LogP contribution in [0.3, 0.4) is 0 Å². The molecule has 1 aromatic carbocycles. The van der Waals surface area contributed by atoms with Gasteiger partial charge >= 0.3 is 0 Å². The molecule has 3 N–H and O–H groups in total. The van der Waals surface area contributed by atoms with Crippen molar-refractivity contribution >= 4 is 27.7 Å². The lowest BCUT2D eigenvalue weighted by Gasteiger charge is -2.23. The molecule has 0 saturated carbocycles. The number of benzene rings is 1. The van der Waals surface area contributed by atoms with Gasteiger partial charge in [-0.1, -0.05) is 0 Å². The molecule has 22 heavy (non-hydrogen) atoms. The van der Waals surface area contributed by atoms with Crippen molar-refractivity contribution in [3.8, 4) is 0 Å². The average molecular weight is 372 g/mol. The molecule has 2 amide bonds. The number of hydrogen-bond acceptors (Lipinski definition) is 3. The lowest BCUT2D eigenvalue weighted by molar-refractivity contribution is -0.121. The van der Waals surface area contributed by atoms with Gasteiger partial charge in [0, 0.05) is 30.0 Å². The predicted octanol–water partition coefficient (Wildman–Crippen LogP) is 1.58. The maximum absolute atomic E-state index is 13.1. The van der Waals surface area contributed by atoms with Crippen molar-refractivity contribution in [1.82, 2.24) is 16.0 Å². The molecule has 1 aromatic rings. The van der Waals surface area contributed by atoms with Crippen LogP contribution in [0.1, 0.15) is 29.6 Å². The van der Waals surface area contributed by atoms with E-state index in [1.807, 2.05) is 0 Å². The summed E-state index contributed by atoms with van der Waals surface area (Å²) in [5.41, 5.74) is 0.219. The third-order valence-corrected chi connectivity index (χ3v) is 4.16. The Morgan fingerprint density at radius 3 is 2.95 bits per heavy atom. The van der Waals surface area contributed by atoms with E-state index in [9.17, 15) is 14.0 Å². The summed E-state index contributed by atoms with van der Waals surface area (Å²) in [6.07, 6.45) is 2.23. The topological polar surface area (TPSA) is 70.2 Å². The third kappa shape index (κ3) is 5.06. The molecule has 1 saturated heterocycles. The molecule has 1 atom stereocenters. The summed E-state index contributed by atoms with van der Waals surface area (Å²) in [6, 6.07) is 4.07. The van der Waals surface area contributed by atoms with Crippen LogP contribution in [0.4, 0.5) is 4.39 Å². The number of piperidine rings is 1. The van der Waals surface area contributed by atoms with E-state index >= 15 is 0 Å². The minimum atomic E-state index is -0.476. The molecule has 2 rings (SSSR count). The number of carbonyl (C=O) groups excluding carboxylic acids is 2. The summed E-state index contributed by atoms with van der Waals surface area (Å²) >= 11 is 3.20. The Hall–Kier alpha value is -1.47. The van der Waals surface area contributed by atoms with Gasteiger partial charge in [-0.05, 0) is 53.5 Å². The van der Waals surface area contributed by atoms with Crippen LogP contribution in [-0.2, 0) is 4.79 Å². The smallest absolute Gasteiger partial charge is 0.252 e. The number of hydrogen-bond donors (Lipinski definition) is 3. The number of halogens is 2. The van der Waals surface area contributed by atoms with Crippen molar-refractivity contribution in [2.24, 2.45) is 0 Å². The Morgan fingerprint density at radius 2 is 2.23 bits per heavy atom. The summed E-state index contributed by atoms with van der Waals surface area (Å²) < 4.78 is 13.7. The monoisotopic (exact) mass is 371 g/mol. The molecule has 0 radical (unpaired) electrons. The van der Waals surface area contributed by atoms with Gasteiger partial charge in [-0.15, -0.1) is 0 Å². The van der Waals surface area contributed by atoms with Gasteiger partial charge in [0.25, 0.3) is 5.91 Å². The molecule has 5 nitrogen and oxygen atoms in total. The minimum Gasteiger partial charge on any atom is -0.352 e. The Labute approximate surface area is 137 Å². The quantitative estimate of drug-likeness (QED) is 0.735. The molecule has 0 spiro atoms. The molecule has 120 valence electrons. The van der Waals surface area contributed by atoms with Crippen LogP contribution in [0, 0.1) is 5.82 Å². The van der Waals surface area contributed by atoms with Crippen LogP contribution < -0.4 is 16.0 Å². The molecule has 1 heterocycles. The molecule has 1 fully saturated rings. The van der Waals surface area contributed by atoms with Gasteiger partial charge < -0.3 is 16.0 Å². The van der Waals surface area contributed by atoms with Crippen LogP contribution in [0.15, 0.2) is 22.7 Å². The van der Waals surface area contributed by atoms with E-state index in [0.717, 1.165) is 32.0 Å². The Balaban J connectivity index is 1.74. The molecule has 7 heteroatoms. The molecule has 1 unspecified atom stereocenters. The summed E-state index contributed by atoms with van der Waals surface area (Å²) in [6.45, 7) is 1.99. The summed E-state index contributed by atoms with van der Waals surface area (Å²) in [5.74, 6) is -0.971. The zero-order valence-corrected chi connectivity index (χ0v) is 13.7. The number of rotatable bonds is 5. The standard InChI is InChI=1S/C15H19BrFN3O2/c16-13-4-3-10(17)8-12(13)15(22)19-7-5-14(21)20-11-2-1-6-18-9-11/h3-4,8,11,18H,1-2,5-7,9H2,(H,19,22)(H,20,21). The van der Waals surface area contributed by atoms with Crippen LogP contribution in [-0.4, -0.2) is 37.5 Å². The third-order valence-electron chi connectivity index (χ3n) is 3.47. The Morgan fingerprint density at radius 1 is 1.41 bits per heavy atom. The van der Waals surface area contributed by atoms with Crippen molar-refractivity contribution in [2.45, 2.75) is 25.3 Å². The fraction of sp³-hybridized carbons (Fsp3) is 0.467. The molecular weight excluding hydrogens is 353 g/mol. The van der Waals surface area contributed by atoms with Crippen LogP contribution in [0.5, 0.6) is 0 Å². The average Bonchev–Trinajstić information content (AvgIpc) is 2.50. The zero-order valence-electron chi connectivity index (χ0n) is 12.1. The Kier molecular flexibility index (Phi) is 6.33. The van der Waals surface area contributed by atoms with Crippen LogP contribution in [0.25, 0.3) is 0 Å². The first-order valence-corrected chi connectivity index (χ1v) is 8.09. The van der Waals surface area contributed by atoms with Gasteiger partial charge in [0.2, 0.25) is 5.91 Å². The molecule has 0 aliphatic carbocycles. The number of amides is 2. The molecule has 0 aromatic heterocycles.